The van der Waals surface area contributed by atoms with Crippen molar-refractivity contribution in [3.8, 4) is 0 Å². The molecule has 0 saturated carbocycles. The smallest absolute Gasteiger partial charge is 0.304 e. The Bertz CT molecular complexity index is 604. The van der Waals surface area contributed by atoms with E-state index in [0.29, 0.717) is 39.3 Å². The molecule has 3 aliphatic heterocycles. The number of nitrogens with zero attached hydrogens (tertiary/aromatic N) is 3. The lowest BCUT2D eigenvalue weighted by Gasteiger charge is -2.53. The third kappa shape index (κ3) is 5.45. The Hall–Kier alpha value is -1.83. The van der Waals surface area contributed by atoms with E-state index < -0.39 is 73.1 Å². The molecule has 12 heteroatoms. The molecule has 170 valence electrons. The van der Waals surface area contributed by atoms with Gasteiger partial charge in [0.1, 0.15) is 0 Å². The number of carboxylic acid groups (broad SMARTS) is 3. The second kappa shape index (κ2) is 8.36. The van der Waals surface area contributed by atoms with Crippen LogP contribution in [0.4, 0.5) is 0 Å². The van der Waals surface area contributed by atoms with E-state index >= 15 is 0 Å². The van der Waals surface area contributed by atoms with Crippen molar-refractivity contribution in [2.45, 2.75) is 49.8 Å². The molecule has 0 radical (unpaired) electrons. The standard InChI is InChI=1S/C18H29N3O9/c22-14(23)7-11(19-1-2-19)17(10-18(28,29)30,12(8-15(24)25)20-3-4-20)13(9-16(26)27)21-5-6-21/h11-13,28-30H,1-10H2,(H,22,23)(H,24,25)(H,26,27). The van der Waals surface area contributed by atoms with Gasteiger partial charge in [-0.25, -0.2) is 0 Å². The molecular formula is C18H29N3O9. The van der Waals surface area contributed by atoms with Crippen LogP contribution in [0.3, 0.4) is 0 Å². The monoisotopic (exact) mass is 431 g/mol. The van der Waals surface area contributed by atoms with Gasteiger partial charge in [-0.1, -0.05) is 0 Å². The molecule has 0 aliphatic carbocycles. The normalized spacial score (nSPS) is 24.5. The van der Waals surface area contributed by atoms with Gasteiger partial charge < -0.3 is 30.6 Å². The quantitative estimate of drug-likeness (QED) is 0.125. The largest absolute Gasteiger partial charge is 0.481 e. The van der Waals surface area contributed by atoms with Crippen LogP contribution in [0.15, 0.2) is 0 Å². The maximum atomic E-state index is 11.7. The first kappa shape index (κ1) is 22.8. The van der Waals surface area contributed by atoms with E-state index in [1.54, 1.807) is 14.7 Å². The van der Waals surface area contributed by atoms with Gasteiger partial charge in [-0.3, -0.25) is 29.1 Å². The fraction of sp³-hybridized carbons (Fsp3) is 0.833. The minimum absolute atomic E-state index is 0.440. The van der Waals surface area contributed by atoms with Crippen LogP contribution in [-0.4, -0.2) is 127 Å². The Morgan fingerprint density at radius 3 is 1.07 bits per heavy atom. The van der Waals surface area contributed by atoms with E-state index in [0.717, 1.165) is 0 Å². The molecule has 0 aromatic rings. The average Bonchev–Trinajstić information content (AvgIpc) is 3.45. The second-order valence-electron chi connectivity index (χ2n) is 8.51. The van der Waals surface area contributed by atoms with Gasteiger partial charge in [-0.2, -0.15) is 0 Å². The van der Waals surface area contributed by atoms with Gasteiger partial charge in [-0.15, -0.1) is 0 Å². The van der Waals surface area contributed by atoms with Crippen LogP contribution in [0, 0.1) is 5.41 Å². The Kier molecular flexibility index (Phi) is 6.37. The molecule has 0 aromatic heterocycles. The summed E-state index contributed by atoms with van der Waals surface area (Å²) in [5.41, 5.74) is -1.53. The summed E-state index contributed by atoms with van der Waals surface area (Å²) >= 11 is 0. The maximum Gasteiger partial charge on any atom is 0.304 e. The van der Waals surface area contributed by atoms with E-state index in [1.165, 1.54) is 0 Å². The maximum absolute atomic E-state index is 11.7. The van der Waals surface area contributed by atoms with Gasteiger partial charge in [0.25, 0.3) is 5.97 Å². The van der Waals surface area contributed by atoms with Crippen molar-refractivity contribution in [2.75, 3.05) is 39.3 Å². The fourth-order valence-corrected chi connectivity index (χ4v) is 5.01. The molecule has 3 fully saturated rings. The molecule has 0 amide bonds. The summed E-state index contributed by atoms with van der Waals surface area (Å²) < 4.78 is 0. The topological polar surface area (TPSA) is 182 Å². The Morgan fingerprint density at radius 2 is 0.900 bits per heavy atom. The molecule has 30 heavy (non-hydrogen) atoms. The molecule has 12 nitrogen and oxygen atoms in total. The van der Waals surface area contributed by atoms with Gasteiger partial charge in [0.15, 0.2) is 0 Å². The van der Waals surface area contributed by atoms with E-state index in [-0.39, 0.29) is 0 Å². The van der Waals surface area contributed by atoms with E-state index in [4.69, 9.17) is 0 Å². The molecular weight excluding hydrogens is 402 g/mol. The molecule has 3 unspecified atom stereocenters. The van der Waals surface area contributed by atoms with Crippen molar-refractivity contribution < 1.29 is 45.0 Å². The summed E-state index contributed by atoms with van der Waals surface area (Å²) in [7, 11) is 0. The predicted octanol–water partition coefficient (Wildman–Crippen LogP) is -2.53. The number of carboxylic acids is 3. The Labute approximate surface area is 172 Å². The highest BCUT2D eigenvalue weighted by atomic mass is 16.7. The summed E-state index contributed by atoms with van der Waals surface area (Å²) in [5.74, 6) is -6.74. The van der Waals surface area contributed by atoms with Crippen molar-refractivity contribution >= 4 is 17.9 Å². The third-order valence-corrected chi connectivity index (χ3v) is 6.28. The number of hydrogen-bond donors (Lipinski definition) is 6. The predicted molar refractivity (Wildman–Crippen MR) is 99.3 cm³/mol. The fourth-order valence-electron chi connectivity index (χ4n) is 5.01. The zero-order valence-electron chi connectivity index (χ0n) is 16.6. The first-order valence-electron chi connectivity index (χ1n) is 9.98. The van der Waals surface area contributed by atoms with Gasteiger partial charge in [0, 0.05) is 69.2 Å². The number of hydrogen-bond acceptors (Lipinski definition) is 9. The number of carbonyl (C=O) groups is 3. The lowest BCUT2D eigenvalue weighted by atomic mass is 9.62. The highest BCUT2D eigenvalue weighted by Crippen LogP contribution is 2.51. The van der Waals surface area contributed by atoms with Crippen LogP contribution in [0.5, 0.6) is 0 Å². The van der Waals surface area contributed by atoms with Crippen molar-refractivity contribution in [3.05, 3.63) is 0 Å². The summed E-state index contributed by atoms with van der Waals surface area (Å²) in [6.07, 6.45) is -2.09. The van der Waals surface area contributed by atoms with Gasteiger partial charge in [0.2, 0.25) is 0 Å². The molecule has 3 rings (SSSR count). The number of aliphatic carboxylic acids is 3. The minimum atomic E-state index is -3.23. The number of rotatable bonds is 14. The Morgan fingerprint density at radius 1 is 0.633 bits per heavy atom. The van der Waals surface area contributed by atoms with Crippen LogP contribution in [0.25, 0.3) is 0 Å². The SMILES string of the molecule is O=C(O)CC(N1CC1)C(CC(O)(O)O)(C(CC(=O)O)N1CC1)C(CC(=O)O)N1CC1. The van der Waals surface area contributed by atoms with E-state index in [1.807, 2.05) is 0 Å². The average molecular weight is 431 g/mol. The molecule has 0 spiro atoms. The lowest BCUT2D eigenvalue weighted by molar-refractivity contribution is -0.334. The van der Waals surface area contributed by atoms with Crippen molar-refractivity contribution in [1.29, 1.82) is 0 Å². The van der Waals surface area contributed by atoms with Gasteiger partial charge in [0.05, 0.1) is 19.3 Å². The zero-order valence-corrected chi connectivity index (χ0v) is 16.6. The summed E-state index contributed by atoms with van der Waals surface area (Å²) in [6, 6.07) is -2.64. The highest BCUT2D eigenvalue weighted by Gasteiger charge is 2.63. The zero-order chi connectivity index (χ0) is 22.3. The van der Waals surface area contributed by atoms with Crippen LogP contribution < -0.4 is 0 Å². The van der Waals surface area contributed by atoms with Crippen molar-refractivity contribution in [2.24, 2.45) is 5.41 Å². The van der Waals surface area contributed by atoms with Gasteiger partial charge in [-0.05, 0) is 0 Å². The number of aliphatic hydroxyl groups is 3. The van der Waals surface area contributed by atoms with Crippen LogP contribution >= 0.6 is 0 Å². The van der Waals surface area contributed by atoms with Crippen molar-refractivity contribution in [1.82, 2.24) is 14.7 Å². The molecule has 3 atom stereocenters. The third-order valence-electron chi connectivity index (χ3n) is 6.28. The van der Waals surface area contributed by atoms with Crippen LogP contribution in [-0.2, 0) is 14.4 Å². The van der Waals surface area contributed by atoms with Gasteiger partial charge >= 0.3 is 17.9 Å². The molecule has 0 aromatic carbocycles. The molecule has 3 saturated heterocycles. The van der Waals surface area contributed by atoms with Crippen molar-refractivity contribution in [3.63, 3.8) is 0 Å². The Balaban J connectivity index is 2.18. The molecule has 0 bridgehead atoms. The highest BCUT2D eigenvalue weighted by molar-refractivity contribution is 5.70. The van der Waals surface area contributed by atoms with Crippen LogP contribution in [0.2, 0.25) is 0 Å². The summed E-state index contributed by atoms with van der Waals surface area (Å²) in [5, 5.41) is 58.8. The molecule has 3 aliphatic rings. The lowest BCUT2D eigenvalue weighted by Crippen LogP contribution is -2.64. The first-order valence-corrected chi connectivity index (χ1v) is 9.98. The molecule has 3 heterocycles. The second-order valence-corrected chi connectivity index (χ2v) is 8.51. The molecule has 6 N–H and O–H groups in total. The summed E-state index contributed by atoms with van der Waals surface area (Å²) in [4.78, 5) is 40.5. The van der Waals surface area contributed by atoms with E-state index in [2.05, 4.69) is 0 Å². The minimum Gasteiger partial charge on any atom is -0.481 e. The van der Waals surface area contributed by atoms with E-state index in [9.17, 15) is 45.0 Å². The van der Waals surface area contributed by atoms with Crippen LogP contribution in [0.1, 0.15) is 25.7 Å². The summed E-state index contributed by atoms with van der Waals surface area (Å²) in [6.45, 7) is 3.13. The first-order chi connectivity index (χ1) is 13.9.